The van der Waals surface area contributed by atoms with Gasteiger partial charge in [-0.25, -0.2) is 0 Å². The molecule has 0 aliphatic rings. The van der Waals surface area contributed by atoms with E-state index in [4.69, 9.17) is 11.6 Å². The maximum Gasteiger partial charge on any atom is 0.0452 e. The molecule has 0 aliphatic heterocycles. The fourth-order valence-corrected chi connectivity index (χ4v) is 2.27. The van der Waals surface area contributed by atoms with Gasteiger partial charge in [0.15, 0.2) is 0 Å². The van der Waals surface area contributed by atoms with Gasteiger partial charge in [-0.1, -0.05) is 23.7 Å². The first-order valence-electron chi connectivity index (χ1n) is 4.32. The van der Waals surface area contributed by atoms with Crippen molar-refractivity contribution in [1.82, 2.24) is 0 Å². The van der Waals surface area contributed by atoms with E-state index in [9.17, 15) is 0 Å². The Bertz CT molecular complexity index is 419. The van der Waals surface area contributed by atoms with E-state index in [1.807, 2.05) is 31.3 Å². The summed E-state index contributed by atoms with van der Waals surface area (Å²) in [5.74, 6) is 0. The molecule has 1 heterocycles. The van der Waals surface area contributed by atoms with Crippen LogP contribution in [0.1, 0.15) is 0 Å². The number of benzene rings is 1. The molecule has 0 aliphatic carbocycles. The molecular weight excluding hydrogens is 214 g/mol. The summed E-state index contributed by atoms with van der Waals surface area (Å²) in [6.07, 6.45) is 0. The zero-order chi connectivity index (χ0) is 9.97. The van der Waals surface area contributed by atoms with Crippen LogP contribution in [0, 0.1) is 0 Å². The zero-order valence-electron chi connectivity index (χ0n) is 7.75. The van der Waals surface area contributed by atoms with Gasteiger partial charge >= 0.3 is 0 Å². The van der Waals surface area contributed by atoms with Gasteiger partial charge in [-0.3, -0.25) is 0 Å². The molecule has 2 rings (SSSR count). The molecule has 72 valence electrons. The van der Waals surface area contributed by atoms with E-state index in [-0.39, 0.29) is 0 Å². The molecule has 0 bridgehead atoms. The lowest BCUT2D eigenvalue weighted by atomic mass is 10.2. The molecule has 0 radical (unpaired) electrons. The van der Waals surface area contributed by atoms with Crippen LogP contribution in [0.5, 0.6) is 0 Å². The first kappa shape index (κ1) is 9.56. The lowest BCUT2D eigenvalue weighted by Crippen LogP contribution is -1.82. The normalized spacial score (nSPS) is 10.1. The highest BCUT2D eigenvalue weighted by Gasteiger charge is 2.00. The van der Waals surface area contributed by atoms with Gasteiger partial charge in [0.1, 0.15) is 0 Å². The van der Waals surface area contributed by atoms with Crippen LogP contribution in [0.3, 0.4) is 0 Å². The van der Waals surface area contributed by atoms with Gasteiger partial charge in [-0.15, -0.1) is 11.3 Å². The van der Waals surface area contributed by atoms with Crippen molar-refractivity contribution in [1.29, 1.82) is 0 Å². The summed E-state index contributed by atoms with van der Waals surface area (Å²) in [6.45, 7) is 0. The second kappa shape index (κ2) is 4.03. The number of nitrogens with one attached hydrogen (secondary N) is 1. The smallest absolute Gasteiger partial charge is 0.0452 e. The molecule has 1 aromatic heterocycles. The minimum Gasteiger partial charge on any atom is -0.387 e. The molecule has 14 heavy (non-hydrogen) atoms. The Hall–Kier alpha value is -0.990. The molecule has 0 saturated carbocycles. The zero-order valence-corrected chi connectivity index (χ0v) is 9.32. The summed E-state index contributed by atoms with van der Waals surface area (Å²) in [6, 6.07) is 10.0. The molecule has 0 unspecified atom stereocenters. The van der Waals surface area contributed by atoms with E-state index in [1.54, 1.807) is 11.3 Å². The average molecular weight is 224 g/mol. The van der Waals surface area contributed by atoms with E-state index < -0.39 is 0 Å². The summed E-state index contributed by atoms with van der Waals surface area (Å²) < 4.78 is 0. The molecule has 0 atom stereocenters. The number of thiophene rings is 1. The summed E-state index contributed by atoms with van der Waals surface area (Å²) >= 11 is 7.55. The predicted molar refractivity (Wildman–Crippen MR) is 64.3 cm³/mol. The van der Waals surface area contributed by atoms with Crippen molar-refractivity contribution < 1.29 is 0 Å². The van der Waals surface area contributed by atoms with Crippen LogP contribution >= 0.6 is 22.9 Å². The molecule has 2 aromatic rings. The molecule has 0 fully saturated rings. The van der Waals surface area contributed by atoms with Gasteiger partial charge in [0.25, 0.3) is 0 Å². The number of hydrogen-bond donors (Lipinski definition) is 1. The Morgan fingerprint density at radius 1 is 1.21 bits per heavy atom. The topological polar surface area (TPSA) is 12.0 Å². The number of anilines is 1. The highest BCUT2D eigenvalue weighted by molar-refractivity contribution is 7.14. The van der Waals surface area contributed by atoms with Crippen molar-refractivity contribution in [3.8, 4) is 10.4 Å². The summed E-state index contributed by atoms with van der Waals surface area (Å²) in [5.41, 5.74) is 2.36. The van der Waals surface area contributed by atoms with Crippen LogP contribution in [-0.2, 0) is 0 Å². The standard InChI is InChI=1S/C11H10ClNS/c1-13-10-6-11(14-7-10)8-2-4-9(12)5-3-8/h2-7,13H,1H3. The summed E-state index contributed by atoms with van der Waals surface area (Å²) in [4.78, 5) is 1.26. The van der Waals surface area contributed by atoms with Crippen LogP contribution in [-0.4, -0.2) is 7.05 Å². The van der Waals surface area contributed by atoms with Gasteiger partial charge in [-0.05, 0) is 23.8 Å². The second-order valence-corrected chi connectivity index (χ2v) is 4.30. The largest absolute Gasteiger partial charge is 0.387 e. The van der Waals surface area contributed by atoms with E-state index in [2.05, 4.69) is 16.8 Å². The lowest BCUT2D eigenvalue weighted by Gasteiger charge is -1.96. The van der Waals surface area contributed by atoms with Crippen molar-refractivity contribution in [3.63, 3.8) is 0 Å². The Labute approximate surface area is 92.3 Å². The van der Waals surface area contributed by atoms with Crippen LogP contribution < -0.4 is 5.32 Å². The van der Waals surface area contributed by atoms with Crippen molar-refractivity contribution in [2.24, 2.45) is 0 Å². The quantitative estimate of drug-likeness (QED) is 0.808. The molecule has 0 saturated heterocycles. The van der Waals surface area contributed by atoms with E-state index in [1.165, 1.54) is 10.4 Å². The third-order valence-electron chi connectivity index (χ3n) is 2.02. The minimum atomic E-state index is 0.777. The number of hydrogen-bond acceptors (Lipinski definition) is 2. The maximum absolute atomic E-state index is 5.82. The van der Waals surface area contributed by atoms with Crippen molar-refractivity contribution in [3.05, 3.63) is 40.7 Å². The van der Waals surface area contributed by atoms with Gasteiger partial charge in [-0.2, -0.15) is 0 Å². The highest BCUT2D eigenvalue weighted by Crippen LogP contribution is 2.30. The van der Waals surface area contributed by atoms with E-state index >= 15 is 0 Å². The molecule has 0 amide bonds. The first-order chi connectivity index (χ1) is 6.79. The van der Waals surface area contributed by atoms with Gasteiger partial charge < -0.3 is 5.32 Å². The van der Waals surface area contributed by atoms with Gasteiger partial charge in [0.2, 0.25) is 0 Å². The molecule has 3 heteroatoms. The summed E-state index contributed by atoms with van der Waals surface area (Å²) in [7, 11) is 1.92. The molecule has 1 N–H and O–H groups in total. The van der Waals surface area contributed by atoms with Gasteiger partial charge in [0, 0.05) is 28.0 Å². The van der Waals surface area contributed by atoms with E-state index in [0.717, 1.165) is 10.7 Å². The van der Waals surface area contributed by atoms with Crippen LogP contribution in [0.2, 0.25) is 5.02 Å². The van der Waals surface area contributed by atoms with Crippen molar-refractivity contribution in [2.75, 3.05) is 12.4 Å². The van der Waals surface area contributed by atoms with E-state index in [0.29, 0.717) is 0 Å². The first-order valence-corrected chi connectivity index (χ1v) is 5.57. The molecule has 1 aromatic carbocycles. The fraction of sp³-hybridized carbons (Fsp3) is 0.0909. The Morgan fingerprint density at radius 3 is 2.50 bits per heavy atom. The SMILES string of the molecule is CNc1csc(-c2ccc(Cl)cc2)c1. The van der Waals surface area contributed by atoms with Crippen LogP contribution in [0.15, 0.2) is 35.7 Å². The Balaban J connectivity index is 2.34. The van der Waals surface area contributed by atoms with Crippen molar-refractivity contribution in [2.45, 2.75) is 0 Å². The summed E-state index contributed by atoms with van der Waals surface area (Å²) in [5, 5.41) is 5.99. The van der Waals surface area contributed by atoms with Crippen molar-refractivity contribution >= 4 is 28.6 Å². The molecule has 1 nitrogen and oxygen atoms in total. The molecular formula is C11H10ClNS. The van der Waals surface area contributed by atoms with Gasteiger partial charge in [0.05, 0.1) is 0 Å². The monoisotopic (exact) mass is 223 g/mol. The number of halogens is 1. The minimum absolute atomic E-state index is 0.777. The van der Waals surface area contributed by atoms with Crippen LogP contribution in [0.4, 0.5) is 5.69 Å². The fourth-order valence-electron chi connectivity index (χ4n) is 1.23. The maximum atomic E-state index is 5.82. The Kier molecular flexibility index (Phi) is 2.75. The molecule has 0 spiro atoms. The third-order valence-corrected chi connectivity index (χ3v) is 3.25. The average Bonchev–Trinajstić information content (AvgIpc) is 2.67. The Morgan fingerprint density at radius 2 is 1.93 bits per heavy atom. The highest BCUT2D eigenvalue weighted by atomic mass is 35.5. The van der Waals surface area contributed by atoms with Crippen LogP contribution in [0.25, 0.3) is 10.4 Å². The lowest BCUT2D eigenvalue weighted by molar-refractivity contribution is 1.56. The third kappa shape index (κ3) is 1.91. The number of rotatable bonds is 2. The second-order valence-electron chi connectivity index (χ2n) is 2.96. The predicted octanol–water partition coefficient (Wildman–Crippen LogP) is 4.11.